The summed E-state index contributed by atoms with van der Waals surface area (Å²) in [5, 5.41) is 4.28. The zero-order valence-corrected chi connectivity index (χ0v) is 12.1. The molecule has 2 aliphatic heterocycles. The van der Waals surface area contributed by atoms with Crippen molar-refractivity contribution in [3.8, 4) is 0 Å². The van der Waals surface area contributed by atoms with E-state index in [2.05, 4.69) is 27.2 Å². The van der Waals surface area contributed by atoms with Gasteiger partial charge < -0.3 is 5.32 Å². The zero-order chi connectivity index (χ0) is 13.1. The number of benzene rings is 1. The third-order valence-electron chi connectivity index (χ3n) is 4.28. The van der Waals surface area contributed by atoms with Crippen LogP contribution in [0.25, 0.3) is 0 Å². The van der Waals surface area contributed by atoms with Gasteiger partial charge in [0, 0.05) is 50.3 Å². The summed E-state index contributed by atoms with van der Waals surface area (Å²) in [5.41, 5.74) is 1.36. The fourth-order valence-electron chi connectivity index (χ4n) is 3.09. The summed E-state index contributed by atoms with van der Waals surface area (Å²) in [4.78, 5) is 5.19. The maximum absolute atomic E-state index is 5.92. The second-order valence-corrected chi connectivity index (χ2v) is 6.02. The quantitative estimate of drug-likeness (QED) is 0.911. The molecule has 0 aromatic heterocycles. The van der Waals surface area contributed by atoms with Crippen LogP contribution in [-0.2, 0) is 6.54 Å². The van der Waals surface area contributed by atoms with Gasteiger partial charge in [-0.2, -0.15) is 0 Å². The van der Waals surface area contributed by atoms with Gasteiger partial charge in [-0.1, -0.05) is 23.7 Å². The molecule has 4 heteroatoms. The number of hydrogen-bond acceptors (Lipinski definition) is 3. The summed E-state index contributed by atoms with van der Waals surface area (Å²) in [6.07, 6.45) is 1.32. The van der Waals surface area contributed by atoms with Crippen LogP contribution in [0.2, 0.25) is 5.02 Å². The smallest absolute Gasteiger partial charge is 0.0406 e. The third kappa shape index (κ3) is 3.48. The monoisotopic (exact) mass is 279 g/mol. The van der Waals surface area contributed by atoms with E-state index in [0.29, 0.717) is 0 Å². The summed E-state index contributed by atoms with van der Waals surface area (Å²) in [6.45, 7) is 8.19. The second kappa shape index (κ2) is 6.23. The van der Waals surface area contributed by atoms with Crippen molar-refractivity contribution in [2.45, 2.75) is 19.0 Å². The Balaban J connectivity index is 1.48. The molecule has 2 aliphatic rings. The highest BCUT2D eigenvalue weighted by Gasteiger charge is 2.25. The summed E-state index contributed by atoms with van der Waals surface area (Å²) in [6, 6.07) is 9.01. The zero-order valence-electron chi connectivity index (χ0n) is 11.3. The molecule has 1 unspecified atom stereocenters. The molecule has 1 aromatic carbocycles. The highest BCUT2D eigenvalue weighted by atomic mass is 35.5. The van der Waals surface area contributed by atoms with E-state index in [0.717, 1.165) is 17.6 Å². The van der Waals surface area contributed by atoms with Crippen LogP contribution >= 0.6 is 11.6 Å². The first-order chi connectivity index (χ1) is 9.31. The Kier molecular flexibility index (Phi) is 4.38. The summed E-state index contributed by atoms with van der Waals surface area (Å²) in [5.74, 6) is 0. The molecule has 3 rings (SSSR count). The molecular weight excluding hydrogens is 258 g/mol. The molecule has 1 atom stereocenters. The van der Waals surface area contributed by atoms with Gasteiger partial charge >= 0.3 is 0 Å². The molecule has 1 N–H and O–H groups in total. The number of nitrogens with zero attached hydrogens (tertiary/aromatic N) is 2. The van der Waals surface area contributed by atoms with Crippen LogP contribution in [0, 0.1) is 0 Å². The molecule has 2 heterocycles. The second-order valence-electron chi connectivity index (χ2n) is 5.59. The first kappa shape index (κ1) is 13.4. The maximum Gasteiger partial charge on any atom is 0.0406 e. The molecular formula is C15H22ClN3. The van der Waals surface area contributed by atoms with Gasteiger partial charge in [-0.05, 0) is 30.7 Å². The van der Waals surface area contributed by atoms with Crippen molar-refractivity contribution in [2.24, 2.45) is 0 Å². The van der Waals surface area contributed by atoms with Gasteiger partial charge in [0.2, 0.25) is 0 Å². The van der Waals surface area contributed by atoms with Gasteiger partial charge in [-0.25, -0.2) is 0 Å². The Hall–Kier alpha value is -0.610. The Morgan fingerprint density at radius 2 is 1.84 bits per heavy atom. The van der Waals surface area contributed by atoms with E-state index in [1.54, 1.807) is 0 Å². The summed E-state index contributed by atoms with van der Waals surface area (Å²) >= 11 is 5.92. The Morgan fingerprint density at radius 3 is 2.47 bits per heavy atom. The average molecular weight is 280 g/mol. The SMILES string of the molecule is Clc1ccc(CN2CCN(C3CCNC3)CC2)cc1. The molecule has 0 amide bonds. The molecule has 0 radical (unpaired) electrons. The van der Waals surface area contributed by atoms with E-state index in [9.17, 15) is 0 Å². The van der Waals surface area contributed by atoms with Crippen molar-refractivity contribution in [3.63, 3.8) is 0 Å². The van der Waals surface area contributed by atoms with E-state index in [-0.39, 0.29) is 0 Å². The maximum atomic E-state index is 5.92. The van der Waals surface area contributed by atoms with Crippen molar-refractivity contribution in [2.75, 3.05) is 39.3 Å². The number of halogens is 1. The standard InChI is InChI=1S/C15H22ClN3/c16-14-3-1-13(2-4-14)12-18-7-9-19(10-8-18)15-5-6-17-11-15/h1-4,15,17H,5-12H2. The first-order valence-electron chi connectivity index (χ1n) is 7.23. The number of hydrogen-bond donors (Lipinski definition) is 1. The van der Waals surface area contributed by atoms with Crippen LogP contribution in [-0.4, -0.2) is 55.1 Å². The molecule has 0 spiro atoms. The predicted octanol–water partition coefficient (Wildman–Crippen LogP) is 1.82. The normalized spacial score (nSPS) is 25.8. The van der Waals surface area contributed by atoms with Crippen LogP contribution in [0.5, 0.6) is 0 Å². The molecule has 0 aliphatic carbocycles. The summed E-state index contributed by atoms with van der Waals surface area (Å²) in [7, 11) is 0. The van der Waals surface area contributed by atoms with Gasteiger partial charge in [0.15, 0.2) is 0 Å². The van der Waals surface area contributed by atoms with Crippen molar-refractivity contribution in [1.29, 1.82) is 0 Å². The average Bonchev–Trinajstić information content (AvgIpc) is 2.96. The predicted molar refractivity (Wildman–Crippen MR) is 79.6 cm³/mol. The van der Waals surface area contributed by atoms with Crippen molar-refractivity contribution in [3.05, 3.63) is 34.9 Å². The molecule has 3 nitrogen and oxygen atoms in total. The van der Waals surface area contributed by atoms with E-state index in [1.807, 2.05) is 12.1 Å². The van der Waals surface area contributed by atoms with E-state index >= 15 is 0 Å². The molecule has 0 bridgehead atoms. The van der Waals surface area contributed by atoms with Crippen LogP contribution in [0.1, 0.15) is 12.0 Å². The molecule has 19 heavy (non-hydrogen) atoms. The molecule has 2 saturated heterocycles. The highest BCUT2D eigenvalue weighted by molar-refractivity contribution is 6.30. The largest absolute Gasteiger partial charge is 0.315 e. The van der Waals surface area contributed by atoms with E-state index in [4.69, 9.17) is 11.6 Å². The van der Waals surface area contributed by atoms with Gasteiger partial charge in [-0.15, -0.1) is 0 Å². The number of rotatable bonds is 3. The number of nitrogens with one attached hydrogen (secondary N) is 1. The van der Waals surface area contributed by atoms with E-state index < -0.39 is 0 Å². The van der Waals surface area contributed by atoms with Crippen LogP contribution in [0.3, 0.4) is 0 Å². The van der Waals surface area contributed by atoms with Crippen LogP contribution in [0.15, 0.2) is 24.3 Å². The number of piperazine rings is 1. The molecule has 2 fully saturated rings. The Bertz CT molecular complexity index is 392. The Labute approximate surface area is 120 Å². The van der Waals surface area contributed by atoms with Crippen molar-refractivity contribution < 1.29 is 0 Å². The van der Waals surface area contributed by atoms with E-state index in [1.165, 1.54) is 51.3 Å². The fourth-order valence-corrected chi connectivity index (χ4v) is 3.21. The molecule has 0 saturated carbocycles. The fraction of sp³-hybridized carbons (Fsp3) is 0.600. The van der Waals surface area contributed by atoms with Gasteiger partial charge in [0.1, 0.15) is 0 Å². The van der Waals surface area contributed by atoms with Crippen molar-refractivity contribution >= 4 is 11.6 Å². The van der Waals surface area contributed by atoms with Crippen LogP contribution in [0.4, 0.5) is 0 Å². The minimum Gasteiger partial charge on any atom is -0.315 e. The van der Waals surface area contributed by atoms with Gasteiger partial charge in [-0.3, -0.25) is 9.80 Å². The van der Waals surface area contributed by atoms with Gasteiger partial charge in [0.05, 0.1) is 0 Å². The van der Waals surface area contributed by atoms with Crippen molar-refractivity contribution in [1.82, 2.24) is 15.1 Å². The third-order valence-corrected chi connectivity index (χ3v) is 4.53. The first-order valence-corrected chi connectivity index (χ1v) is 7.60. The lowest BCUT2D eigenvalue weighted by Crippen LogP contribution is -2.50. The topological polar surface area (TPSA) is 18.5 Å². The minimum atomic E-state index is 0.776. The van der Waals surface area contributed by atoms with Gasteiger partial charge in [0.25, 0.3) is 0 Å². The van der Waals surface area contributed by atoms with Crippen LogP contribution < -0.4 is 5.32 Å². The lowest BCUT2D eigenvalue weighted by Gasteiger charge is -2.37. The Morgan fingerprint density at radius 1 is 1.11 bits per heavy atom. The summed E-state index contributed by atoms with van der Waals surface area (Å²) < 4.78 is 0. The molecule has 1 aromatic rings. The lowest BCUT2D eigenvalue weighted by atomic mass is 10.1. The molecule has 104 valence electrons. The highest BCUT2D eigenvalue weighted by Crippen LogP contribution is 2.15. The lowest BCUT2D eigenvalue weighted by molar-refractivity contribution is 0.0981. The minimum absolute atomic E-state index is 0.776.